The predicted molar refractivity (Wildman–Crippen MR) is 96.9 cm³/mol. The molecule has 1 atom stereocenters. The van der Waals surface area contributed by atoms with Gasteiger partial charge in [0.1, 0.15) is 0 Å². The molecule has 0 heterocycles. The van der Waals surface area contributed by atoms with Gasteiger partial charge in [0.15, 0.2) is 23.2 Å². The Balaban J connectivity index is 2.30. The van der Waals surface area contributed by atoms with Gasteiger partial charge in [0.2, 0.25) is 5.82 Å². The molecular weight excluding hydrogens is 373 g/mol. The molecule has 1 aromatic carbocycles. The topological polar surface area (TPSA) is 52.6 Å². The molecule has 0 fully saturated rings. The van der Waals surface area contributed by atoms with Gasteiger partial charge in [-0.25, -0.2) is 18.4 Å². The van der Waals surface area contributed by atoms with Gasteiger partial charge in [-0.05, 0) is 32.1 Å². The first-order chi connectivity index (χ1) is 13.1. The normalized spacial score (nSPS) is 15.8. The SMILES string of the molecule is C=C(C)C(=O)OC1=C(F)C=CC(c2ccc(OC(=O)C(=C)C)c(F)c2F)C=C1. The zero-order valence-electron chi connectivity index (χ0n) is 15.2. The van der Waals surface area contributed by atoms with Crippen LogP contribution in [0.5, 0.6) is 5.75 Å². The van der Waals surface area contributed by atoms with Crippen LogP contribution in [0.1, 0.15) is 25.3 Å². The molecule has 1 aromatic rings. The predicted octanol–water partition coefficient (Wildman–Crippen LogP) is 4.96. The largest absolute Gasteiger partial charge is 0.420 e. The van der Waals surface area contributed by atoms with Gasteiger partial charge in [-0.2, -0.15) is 4.39 Å². The highest BCUT2D eigenvalue weighted by molar-refractivity contribution is 5.89. The molecule has 0 amide bonds. The molecule has 1 aliphatic rings. The van der Waals surface area contributed by atoms with Gasteiger partial charge in [0, 0.05) is 22.6 Å². The molecule has 0 radical (unpaired) electrons. The van der Waals surface area contributed by atoms with Gasteiger partial charge in [0.25, 0.3) is 0 Å². The lowest BCUT2D eigenvalue weighted by molar-refractivity contribution is -0.134. The van der Waals surface area contributed by atoms with E-state index >= 15 is 0 Å². The van der Waals surface area contributed by atoms with Crippen molar-refractivity contribution in [2.75, 3.05) is 0 Å². The van der Waals surface area contributed by atoms with Crippen molar-refractivity contribution in [3.63, 3.8) is 0 Å². The number of allylic oxidation sites excluding steroid dienone is 5. The summed E-state index contributed by atoms with van der Waals surface area (Å²) in [5, 5.41) is 0. The van der Waals surface area contributed by atoms with E-state index in [0.717, 1.165) is 18.2 Å². The second-order valence-electron chi connectivity index (χ2n) is 6.08. The fraction of sp³-hybridized carbons (Fsp3) is 0.143. The molecular formula is C21H17F3O4. The molecule has 28 heavy (non-hydrogen) atoms. The highest BCUT2D eigenvalue weighted by Crippen LogP contribution is 2.32. The van der Waals surface area contributed by atoms with Crippen LogP contribution < -0.4 is 4.74 Å². The molecule has 0 bridgehead atoms. The Hall–Kier alpha value is -3.35. The van der Waals surface area contributed by atoms with Gasteiger partial charge in [-0.3, -0.25) is 0 Å². The molecule has 4 nitrogen and oxygen atoms in total. The highest BCUT2D eigenvalue weighted by atomic mass is 19.2. The summed E-state index contributed by atoms with van der Waals surface area (Å²) in [4.78, 5) is 23.0. The summed E-state index contributed by atoms with van der Waals surface area (Å²) in [6.45, 7) is 9.53. The third-order valence-corrected chi connectivity index (χ3v) is 3.68. The summed E-state index contributed by atoms with van der Waals surface area (Å²) < 4.78 is 52.4. The summed E-state index contributed by atoms with van der Waals surface area (Å²) >= 11 is 0. The summed E-state index contributed by atoms with van der Waals surface area (Å²) in [6, 6.07) is 2.30. The monoisotopic (exact) mass is 390 g/mol. The zero-order valence-corrected chi connectivity index (χ0v) is 15.2. The van der Waals surface area contributed by atoms with Crippen molar-refractivity contribution in [3.8, 4) is 5.75 Å². The Kier molecular flexibility index (Phi) is 6.41. The number of ether oxygens (including phenoxy) is 2. The van der Waals surface area contributed by atoms with Gasteiger partial charge in [0.05, 0.1) is 0 Å². The number of halogens is 3. The summed E-state index contributed by atoms with van der Waals surface area (Å²) in [5.74, 6) is -7.00. The van der Waals surface area contributed by atoms with Crippen LogP contribution in [0.15, 0.2) is 72.3 Å². The maximum atomic E-state index is 14.5. The number of hydrogen-bond acceptors (Lipinski definition) is 4. The van der Waals surface area contributed by atoms with Crippen molar-refractivity contribution in [2.24, 2.45) is 0 Å². The summed E-state index contributed by atoms with van der Waals surface area (Å²) in [6.07, 6.45) is 4.73. The lowest BCUT2D eigenvalue weighted by Crippen LogP contribution is -2.11. The molecule has 7 heteroatoms. The Labute approximate surface area is 159 Å². The number of carbonyl (C=O) groups is 2. The summed E-state index contributed by atoms with van der Waals surface area (Å²) in [7, 11) is 0. The minimum absolute atomic E-state index is 0.0249. The fourth-order valence-corrected chi connectivity index (χ4v) is 2.15. The third-order valence-electron chi connectivity index (χ3n) is 3.68. The molecule has 1 unspecified atom stereocenters. The van der Waals surface area contributed by atoms with E-state index in [1.807, 2.05) is 0 Å². The van der Waals surface area contributed by atoms with Gasteiger partial charge in [-0.1, -0.05) is 31.4 Å². The highest BCUT2D eigenvalue weighted by Gasteiger charge is 2.22. The molecule has 0 N–H and O–H groups in total. The van der Waals surface area contributed by atoms with Crippen molar-refractivity contribution < 1.29 is 32.2 Å². The van der Waals surface area contributed by atoms with Gasteiger partial charge in [-0.15, -0.1) is 0 Å². The molecule has 0 aliphatic heterocycles. The Bertz CT molecular complexity index is 955. The van der Waals surface area contributed by atoms with Crippen LogP contribution in [0, 0.1) is 11.6 Å². The van der Waals surface area contributed by atoms with Crippen LogP contribution in [0.25, 0.3) is 0 Å². The number of benzene rings is 1. The van der Waals surface area contributed by atoms with E-state index in [0.29, 0.717) is 0 Å². The smallest absolute Gasteiger partial charge is 0.338 e. The van der Waals surface area contributed by atoms with E-state index in [-0.39, 0.29) is 22.5 Å². The molecule has 0 spiro atoms. The number of rotatable bonds is 5. The van der Waals surface area contributed by atoms with Gasteiger partial charge < -0.3 is 9.47 Å². The molecule has 2 rings (SSSR count). The van der Waals surface area contributed by atoms with Crippen LogP contribution in [-0.4, -0.2) is 11.9 Å². The van der Waals surface area contributed by atoms with Gasteiger partial charge >= 0.3 is 11.9 Å². The third kappa shape index (κ3) is 4.68. The first-order valence-electron chi connectivity index (χ1n) is 8.11. The second-order valence-corrected chi connectivity index (χ2v) is 6.08. The van der Waals surface area contributed by atoms with E-state index in [9.17, 15) is 22.8 Å². The zero-order chi connectivity index (χ0) is 21.0. The van der Waals surface area contributed by atoms with E-state index < -0.39 is 41.1 Å². The first kappa shape index (κ1) is 21.0. The van der Waals surface area contributed by atoms with Crippen LogP contribution in [0.2, 0.25) is 0 Å². The maximum Gasteiger partial charge on any atom is 0.338 e. The van der Waals surface area contributed by atoms with E-state index in [4.69, 9.17) is 9.47 Å². The van der Waals surface area contributed by atoms with Crippen molar-refractivity contribution >= 4 is 11.9 Å². The standard InChI is InChI=1S/C21H17F3O4/c1-11(2)20(25)27-16-9-6-13(5-8-15(16)22)14-7-10-17(19(24)18(14)23)28-21(26)12(3)4/h5-10,13H,1,3H2,2,4H3. The quantitative estimate of drug-likeness (QED) is 0.405. The van der Waals surface area contributed by atoms with E-state index in [1.54, 1.807) is 0 Å². The average Bonchev–Trinajstić information content (AvgIpc) is 2.81. The fourth-order valence-electron chi connectivity index (χ4n) is 2.15. The summed E-state index contributed by atoms with van der Waals surface area (Å²) in [5.41, 5.74) is -0.0243. The van der Waals surface area contributed by atoms with E-state index in [2.05, 4.69) is 13.2 Å². The van der Waals surface area contributed by atoms with E-state index in [1.165, 1.54) is 32.1 Å². The van der Waals surface area contributed by atoms with Crippen molar-refractivity contribution in [1.29, 1.82) is 0 Å². The molecule has 0 aromatic heterocycles. The lowest BCUT2D eigenvalue weighted by Gasteiger charge is -2.12. The second kappa shape index (κ2) is 8.56. The Morgan fingerprint density at radius 3 is 2.07 bits per heavy atom. The minimum atomic E-state index is -1.36. The molecule has 146 valence electrons. The molecule has 1 aliphatic carbocycles. The van der Waals surface area contributed by atoms with Crippen molar-refractivity contribution in [1.82, 2.24) is 0 Å². The van der Waals surface area contributed by atoms with Crippen molar-refractivity contribution in [2.45, 2.75) is 19.8 Å². The molecule has 0 saturated carbocycles. The Morgan fingerprint density at radius 2 is 1.46 bits per heavy atom. The minimum Gasteiger partial charge on any atom is -0.420 e. The number of hydrogen-bond donors (Lipinski definition) is 0. The maximum absolute atomic E-state index is 14.5. The lowest BCUT2D eigenvalue weighted by atomic mass is 9.97. The van der Waals surface area contributed by atoms with Crippen molar-refractivity contribution in [3.05, 3.63) is 89.5 Å². The average molecular weight is 390 g/mol. The van der Waals surface area contributed by atoms with Crippen LogP contribution >= 0.6 is 0 Å². The van der Waals surface area contributed by atoms with Crippen LogP contribution in [0.3, 0.4) is 0 Å². The number of carbonyl (C=O) groups excluding carboxylic acids is 2. The number of esters is 2. The molecule has 0 saturated heterocycles. The first-order valence-corrected chi connectivity index (χ1v) is 8.11. The van der Waals surface area contributed by atoms with Crippen LogP contribution in [-0.2, 0) is 14.3 Å². The Morgan fingerprint density at radius 1 is 0.893 bits per heavy atom. The van der Waals surface area contributed by atoms with Crippen LogP contribution in [0.4, 0.5) is 13.2 Å².